The SMILES string of the molecule is CC(C)(C)OC(=O)NC(Cc1cc(F)cc(F)c1F)C(=O)O. The van der Waals surface area contributed by atoms with Crippen LogP contribution in [0, 0.1) is 17.5 Å². The Morgan fingerprint density at radius 1 is 1.27 bits per heavy atom. The summed E-state index contributed by atoms with van der Waals surface area (Å²) >= 11 is 0. The molecule has 122 valence electrons. The first kappa shape index (κ1) is 17.8. The molecule has 0 bridgehead atoms. The Hall–Kier alpha value is -2.25. The third-order valence-electron chi connectivity index (χ3n) is 2.48. The second-order valence-corrected chi connectivity index (χ2v) is 5.60. The van der Waals surface area contributed by atoms with Gasteiger partial charge in [0, 0.05) is 12.5 Å². The van der Waals surface area contributed by atoms with Gasteiger partial charge in [0.15, 0.2) is 11.6 Å². The van der Waals surface area contributed by atoms with Gasteiger partial charge >= 0.3 is 12.1 Å². The van der Waals surface area contributed by atoms with Crippen LogP contribution in [0.2, 0.25) is 0 Å². The van der Waals surface area contributed by atoms with Crippen molar-refractivity contribution in [1.82, 2.24) is 5.32 Å². The number of carbonyl (C=O) groups is 2. The number of aliphatic carboxylic acids is 1. The van der Waals surface area contributed by atoms with E-state index in [4.69, 9.17) is 9.84 Å². The summed E-state index contributed by atoms with van der Waals surface area (Å²) in [5, 5.41) is 11.0. The van der Waals surface area contributed by atoms with Crippen molar-refractivity contribution in [2.24, 2.45) is 0 Å². The number of amides is 1. The number of nitrogens with one attached hydrogen (secondary N) is 1. The zero-order chi connectivity index (χ0) is 17.1. The molecule has 0 saturated heterocycles. The lowest BCUT2D eigenvalue weighted by Gasteiger charge is -2.22. The molecule has 1 unspecified atom stereocenters. The Balaban J connectivity index is 2.90. The quantitative estimate of drug-likeness (QED) is 0.837. The average molecular weight is 319 g/mol. The van der Waals surface area contributed by atoms with Gasteiger partial charge in [0.25, 0.3) is 0 Å². The van der Waals surface area contributed by atoms with Crippen molar-refractivity contribution in [3.05, 3.63) is 35.1 Å². The lowest BCUT2D eigenvalue weighted by Crippen LogP contribution is -2.44. The van der Waals surface area contributed by atoms with E-state index in [0.717, 1.165) is 0 Å². The fraction of sp³-hybridized carbons (Fsp3) is 0.429. The minimum atomic E-state index is -1.59. The van der Waals surface area contributed by atoms with Gasteiger partial charge in [0.1, 0.15) is 17.5 Å². The fourth-order valence-corrected chi connectivity index (χ4v) is 1.63. The van der Waals surface area contributed by atoms with Gasteiger partial charge in [-0.1, -0.05) is 0 Å². The summed E-state index contributed by atoms with van der Waals surface area (Å²) < 4.78 is 44.6. The highest BCUT2D eigenvalue weighted by Gasteiger charge is 2.26. The van der Waals surface area contributed by atoms with Gasteiger partial charge in [-0.15, -0.1) is 0 Å². The molecule has 2 N–H and O–H groups in total. The molecule has 1 atom stereocenters. The predicted molar refractivity (Wildman–Crippen MR) is 70.8 cm³/mol. The highest BCUT2D eigenvalue weighted by molar-refractivity contribution is 5.80. The molecule has 1 aromatic rings. The molecule has 0 aliphatic heterocycles. The molecule has 0 heterocycles. The topological polar surface area (TPSA) is 75.6 Å². The molecule has 8 heteroatoms. The molecule has 5 nitrogen and oxygen atoms in total. The maximum absolute atomic E-state index is 13.5. The normalized spacial score (nSPS) is 12.6. The summed E-state index contributed by atoms with van der Waals surface area (Å²) in [5.41, 5.74) is -1.36. The minimum Gasteiger partial charge on any atom is -0.480 e. The van der Waals surface area contributed by atoms with Gasteiger partial charge in [-0.25, -0.2) is 22.8 Å². The summed E-state index contributed by atoms with van der Waals surface area (Å²) in [6, 6.07) is -0.577. The van der Waals surface area contributed by atoms with Crippen LogP contribution in [0.15, 0.2) is 12.1 Å². The first-order chi connectivity index (χ1) is 9.99. The van der Waals surface area contributed by atoms with Crippen molar-refractivity contribution in [3.63, 3.8) is 0 Å². The highest BCUT2D eigenvalue weighted by Crippen LogP contribution is 2.16. The Kier molecular flexibility index (Phi) is 5.40. The summed E-state index contributed by atoms with van der Waals surface area (Å²) in [6.07, 6.45) is -1.66. The van der Waals surface area contributed by atoms with Gasteiger partial charge < -0.3 is 15.2 Å². The lowest BCUT2D eigenvalue weighted by atomic mass is 10.0. The molecule has 0 spiro atoms. The largest absolute Gasteiger partial charge is 0.480 e. The van der Waals surface area contributed by atoms with Crippen molar-refractivity contribution in [2.45, 2.75) is 38.8 Å². The van der Waals surface area contributed by atoms with Gasteiger partial charge in [0.2, 0.25) is 0 Å². The Morgan fingerprint density at radius 3 is 2.36 bits per heavy atom. The maximum Gasteiger partial charge on any atom is 0.408 e. The molecule has 1 aromatic carbocycles. The van der Waals surface area contributed by atoms with E-state index >= 15 is 0 Å². The number of rotatable bonds is 4. The molecule has 0 aliphatic rings. The molecule has 1 amide bonds. The molecular formula is C14H16F3NO4. The zero-order valence-corrected chi connectivity index (χ0v) is 12.2. The first-order valence-corrected chi connectivity index (χ1v) is 6.35. The van der Waals surface area contributed by atoms with E-state index < -0.39 is 53.1 Å². The van der Waals surface area contributed by atoms with Gasteiger partial charge in [-0.05, 0) is 32.4 Å². The van der Waals surface area contributed by atoms with Crippen LogP contribution in [-0.4, -0.2) is 28.8 Å². The van der Waals surface area contributed by atoms with E-state index in [2.05, 4.69) is 0 Å². The highest BCUT2D eigenvalue weighted by atomic mass is 19.2. The third-order valence-corrected chi connectivity index (χ3v) is 2.48. The van der Waals surface area contributed by atoms with Crippen LogP contribution >= 0.6 is 0 Å². The van der Waals surface area contributed by atoms with Gasteiger partial charge in [-0.2, -0.15) is 0 Å². The van der Waals surface area contributed by atoms with Crippen molar-refractivity contribution >= 4 is 12.1 Å². The van der Waals surface area contributed by atoms with Crippen LogP contribution in [0.3, 0.4) is 0 Å². The minimum absolute atomic E-state index is 0.343. The number of halogens is 3. The average Bonchev–Trinajstić information content (AvgIpc) is 2.31. The number of alkyl carbamates (subject to hydrolysis) is 1. The predicted octanol–water partition coefficient (Wildman–Crippen LogP) is 2.62. The third kappa shape index (κ3) is 5.27. The van der Waals surface area contributed by atoms with Crippen LogP contribution in [0.5, 0.6) is 0 Å². The Labute approximate surface area is 125 Å². The standard InChI is InChI=1S/C14H16F3NO4/c1-14(2,3)22-13(21)18-10(12(19)20)5-7-4-8(15)6-9(16)11(7)17/h4,6,10H,5H2,1-3H3,(H,18,21)(H,19,20). The zero-order valence-electron chi connectivity index (χ0n) is 12.2. The monoisotopic (exact) mass is 319 g/mol. The number of carboxylic acids is 1. The lowest BCUT2D eigenvalue weighted by molar-refractivity contribution is -0.139. The molecule has 0 saturated carbocycles. The number of hydrogen-bond acceptors (Lipinski definition) is 3. The van der Waals surface area contributed by atoms with E-state index in [9.17, 15) is 22.8 Å². The Bertz CT molecular complexity index is 584. The smallest absolute Gasteiger partial charge is 0.408 e. The van der Waals surface area contributed by atoms with Crippen molar-refractivity contribution in [2.75, 3.05) is 0 Å². The molecule has 0 fully saturated rings. The number of hydrogen-bond donors (Lipinski definition) is 2. The molecule has 22 heavy (non-hydrogen) atoms. The van der Waals surface area contributed by atoms with Crippen LogP contribution in [0.4, 0.5) is 18.0 Å². The van der Waals surface area contributed by atoms with Crippen LogP contribution in [0.1, 0.15) is 26.3 Å². The molecule has 0 aromatic heterocycles. The molecular weight excluding hydrogens is 303 g/mol. The van der Waals surface area contributed by atoms with Gasteiger partial charge in [-0.3, -0.25) is 0 Å². The number of carboxylic acid groups (broad SMARTS) is 1. The number of ether oxygens (including phenoxy) is 1. The van der Waals surface area contributed by atoms with Crippen LogP contribution in [0.25, 0.3) is 0 Å². The van der Waals surface area contributed by atoms with E-state index in [1.54, 1.807) is 20.8 Å². The van der Waals surface area contributed by atoms with E-state index in [1.807, 2.05) is 5.32 Å². The van der Waals surface area contributed by atoms with Gasteiger partial charge in [0.05, 0.1) is 0 Å². The summed E-state index contributed by atoms with van der Waals surface area (Å²) in [7, 11) is 0. The van der Waals surface area contributed by atoms with Crippen molar-refractivity contribution in [3.8, 4) is 0 Å². The molecule has 0 radical (unpaired) electrons. The second-order valence-electron chi connectivity index (χ2n) is 5.60. The number of carbonyl (C=O) groups excluding carboxylic acids is 1. The fourth-order valence-electron chi connectivity index (χ4n) is 1.63. The van der Waals surface area contributed by atoms with Crippen LogP contribution in [-0.2, 0) is 16.0 Å². The second kappa shape index (κ2) is 6.67. The number of benzene rings is 1. The van der Waals surface area contributed by atoms with Crippen LogP contribution < -0.4 is 5.32 Å². The molecule has 1 rings (SSSR count). The van der Waals surface area contributed by atoms with Crippen molar-refractivity contribution in [1.29, 1.82) is 0 Å². The maximum atomic E-state index is 13.5. The Morgan fingerprint density at radius 2 is 1.86 bits per heavy atom. The summed E-state index contributed by atoms with van der Waals surface area (Å²) in [5.74, 6) is -5.33. The van der Waals surface area contributed by atoms with E-state index in [0.29, 0.717) is 12.1 Å². The van der Waals surface area contributed by atoms with Crippen molar-refractivity contribution < 1.29 is 32.6 Å². The molecule has 0 aliphatic carbocycles. The van der Waals surface area contributed by atoms with E-state index in [1.165, 1.54) is 0 Å². The first-order valence-electron chi connectivity index (χ1n) is 6.35. The summed E-state index contributed by atoms with van der Waals surface area (Å²) in [4.78, 5) is 22.6. The summed E-state index contributed by atoms with van der Waals surface area (Å²) in [6.45, 7) is 4.72. The van der Waals surface area contributed by atoms with E-state index in [-0.39, 0.29) is 0 Å².